The van der Waals surface area contributed by atoms with Crippen molar-refractivity contribution in [3.63, 3.8) is 0 Å². The third-order valence-electron chi connectivity index (χ3n) is 2.11. The highest BCUT2D eigenvalue weighted by atomic mass is 35.5. The molecule has 2 aromatic rings. The quantitative estimate of drug-likeness (QED) is 0.577. The van der Waals surface area contributed by atoms with E-state index in [1.807, 2.05) is 18.2 Å². The van der Waals surface area contributed by atoms with E-state index in [1.165, 1.54) is 6.07 Å². The molecule has 0 spiro atoms. The van der Waals surface area contributed by atoms with E-state index in [1.54, 1.807) is 12.1 Å². The van der Waals surface area contributed by atoms with Crippen LogP contribution < -0.4 is 16.6 Å². The maximum Gasteiger partial charge on any atom is 0.240 e. The van der Waals surface area contributed by atoms with Gasteiger partial charge in [0.1, 0.15) is 17.6 Å². The highest BCUT2D eigenvalue weighted by Crippen LogP contribution is 2.24. The summed E-state index contributed by atoms with van der Waals surface area (Å²) in [6.45, 7) is 0. The largest absolute Gasteiger partial charge is 0.339 e. The first-order chi connectivity index (χ1) is 8.72. The van der Waals surface area contributed by atoms with Crippen LogP contribution in [0.15, 0.2) is 30.3 Å². The molecule has 0 amide bonds. The summed E-state index contributed by atoms with van der Waals surface area (Å²) >= 11 is 6.01. The van der Waals surface area contributed by atoms with Gasteiger partial charge in [-0.15, -0.1) is 0 Å². The van der Waals surface area contributed by atoms with Crippen LogP contribution in [0.1, 0.15) is 5.69 Å². The molecule has 1 heterocycles. The van der Waals surface area contributed by atoms with E-state index in [4.69, 9.17) is 22.7 Å². The second-order valence-corrected chi connectivity index (χ2v) is 3.73. The summed E-state index contributed by atoms with van der Waals surface area (Å²) in [4.78, 5) is 7.92. The number of benzene rings is 1. The Labute approximate surface area is 108 Å². The molecule has 0 radical (unpaired) electrons. The van der Waals surface area contributed by atoms with Gasteiger partial charge < -0.3 is 5.32 Å². The van der Waals surface area contributed by atoms with Crippen molar-refractivity contribution in [1.29, 1.82) is 5.26 Å². The second-order valence-electron chi connectivity index (χ2n) is 3.32. The Morgan fingerprint density at radius 3 is 2.72 bits per heavy atom. The topological polar surface area (TPSA) is 99.7 Å². The van der Waals surface area contributed by atoms with Crippen molar-refractivity contribution in [2.75, 3.05) is 10.7 Å². The molecule has 0 fully saturated rings. The SMILES string of the molecule is N#Cc1cc(Nc2ccccc2Cl)nc(NN)n1. The normalized spacial score (nSPS) is 9.61. The number of nitriles is 1. The molecule has 0 unspecified atom stereocenters. The first-order valence-electron chi connectivity index (χ1n) is 5.00. The van der Waals surface area contributed by atoms with E-state index in [2.05, 4.69) is 20.7 Å². The van der Waals surface area contributed by atoms with Gasteiger partial charge in [0.15, 0.2) is 0 Å². The van der Waals surface area contributed by atoms with Crippen LogP contribution in [0.4, 0.5) is 17.5 Å². The van der Waals surface area contributed by atoms with Gasteiger partial charge in [0.25, 0.3) is 0 Å². The fraction of sp³-hybridized carbons (Fsp3) is 0. The number of hydrogen-bond acceptors (Lipinski definition) is 6. The lowest BCUT2D eigenvalue weighted by Gasteiger charge is -2.08. The predicted molar refractivity (Wildman–Crippen MR) is 69.3 cm³/mol. The molecule has 0 saturated carbocycles. The Hall–Kier alpha value is -2.36. The minimum Gasteiger partial charge on any atom is -0.339 e. The number of nitrogens with two attached hydrogens (primary N) is 1. The van der Waals surface area contributed by atoms with Gasteiger partial charge in [-0.05, 0) is 12.1 Å². The van der Waals surface area contributed by atoms with E-state index in [0.29, 0.717) is 16.5 Å². The van der Waals surface area contributed by atoms with Gasteiger partial charge in [-0.1, -0.05) is 23.7 Å². The molecule has 18 heavy (non-hydrogen) atoms. The van der Waals surface area contributed by atoms with Gasteiger partial charge in [-0.2, -0.15) is 10.2 Å². The van der Waals surface area contributed by atoms with Crippen molar-refractivity contribution in [2.24, 2.45) is 5.84 Å². The molecule has 0 aliphatic carbocycles. The number of hydrogen-bond donors (Lipinski definition) is 3. The zero-order chi connectivity index (χ0) is 13.0. The molecule has 4 N–H and O–H groups in total. The third kappa shape index (κ3) is 2.66. The number of aromatic nitrogens is 2. The summed E-state index contributed by atoms with van der Waals surface area (Å²) in [5.74, 6) is 5.82. The summed E-state index contributed by atoms with van der Waals surface area (Å²) in [5, 5.41) is 12.4. The fourth-order valence-corrected chi connectivity index (χ4v) is 1.52. The summed E-state index contributed by atoms with van der Waals surface area (Å²) in [6, 6.07) is 10.6. The first kappa shape index (κ1) is 12.1. The van der Waals surface area contributed by atoms with E-state index < -0.39 is 0 Å². The standard InChI is InChI=1S/C11H9ClN6/c12-8-3-1-2-4-9(8)16-10-5-7(6-13)15-11(17-10)18-14/h1-5H,14H2,(H2,15,16,17,18). The highest BCUT2D eigenvalue weighted by molar-refractivity contribution is 6.33. The van der Waals surface area contributed by atoms with Gasteiger partial charge >= 0.3 is 0 Å². The van der Waals surface area contributed by atoms with Gasteiger partial charge in [0.2, 0.25) is 5.95 Å². The maximum absolute atomic E-state index is 8.84. The average Bonchev–Trinajstić information content (AvgIpc) is 2.41. The summed E-state index contributed by atoms with van der Waals surface area (Å²) < 4.78 is 0. The molecule has 2 rings (SSSR count). The Morgan fingerprint density at radius 2 is 2.06 bits per heavy atom. The van der Waals surface area contributed by atoms with E-state index >= 15 is 0 Å². The van der Waals surface area contributed by atoms with Gasteiger partial charge in [-0.3, -0.25) is 5.43 Å². The molecule has 0 bridgehead atoms. The fourth-order valence-electron chi connectivity index (χ4n) is 1.33. The number of anilines is 3. The van der Waals surface area contributed by atoms with Gasteiger partial charge in [0, 0.05) is 6.07 Å². The Morgan fingerprint density at radius 1 is 1.28 bits per heavy atom. The number of nitrogens with one attached hydrogen (secondary N) is 2. The lowest BCUT2D eigenvalue weighted by atomic mass is 10.3. The molecule has 1 aromatic carbocycles. The van der Waals surface area contributed by atoms with Crippen LogP contribution in [-0.2, 0) is 0 Å². The molecular weight excluding hydrogens is 252 g/mol. The minimum atomic E-state index is 0.156. The molecule has 0 aliphatic heterocycles. The molecule has 0 aliphatic rings. The van der Waals surface area contributed by atoms with Gasteiger partial charge in [0.05, 0.1) is 10.7 Å². The van der Waals surface area contributed by atoms with E-state index in [-0.39, 0.29) is 11.6 Å². The van der Waals surface area contributed by atoms with Crippen LogP contribution in [0, 0.1) is 11.3 Å². The lowest BCUT2D eigenvalue weighted by Crippen LogP contribution is -2.12. The highest BCUT2D eigenvalue weighted by Gasteiger charge is 2.05. The molecule has 7 heteroatoms. The van der Waals surface area contributed by atoms with Crippen molar-refractivity contribution in [3.8, 4) is 6.07 Å². The molecular formula is C11H9ClN6. The van der Waals surface area contributed by atoms with Crippen molar-refractivity contribution in [2.45, 2.75) is 0 Å². The van der Waals surface area contributed by atoms with Crippen LogP contribution in [0.2, 0.25) is 5.02 Å². The summed E-state index contributed by atoms with van der Waals surface area (Å²) in [5.41, 5.74) is 3.18. The molecule has 90 valence electrons. The number of para-hydroxylation sites is 1. The van der Waals surface area contributed by atoms with Crippen molar-refractivity contribution in [1.82, 2.24) is 9.97 Å². The number of halogens is 1. The van der Waals surface area contributed by atoms with Gasteiger partial charge in [-0.25, -0.2) is 10.8 Å². The van der Waals surface area contributed by atoms with Crippen LogP contribution in [0.3, 0.4) is 0 Å². The zero-order valence-corrected chi connectivity index (χ0v) is 9.94. The molecule has 0 saturated heterocycles. The lowest BCUT2D eigenvalue weighted by molar-refractivity contribution is 1.10. The Kier molecular flexibility index (Phi) is 3.57. The first-order valence-corrected chi connectivity index (χ1v) is 5.38. The number of nitrogen functional groups attached to an aromatic ring is 1. The number of rotatable bonds is 3. The van der Waals surface area contributed by atoms with Crippen LogP contribution in [0.5, 0.6) is 0 Å². The molecule has 0 atom stereocenters. The molecule has 1 aromatic heterocycles. The summed E-state index contributed by atoms with van der Waals surface area (Å²) in [7, 11) is 0. The van der Waals surface area contributed by atoms with E-state index in [9.17, 15) is 0 Å². The van der Waals surface area contributed by atoms with Crippen molar-refractivity contribution >= 4 is 29.1 Å². The second kappa shape index (κ2) is 5.31. The minimum absolute atomic E-state index is 0.156. The van der Waals surface area contributed by atoms with Crippen LogP contribution >= 0.6 is 11.6 Å². The number of nitrogens with zero attached hydrogens (tertiary/aromatic N) is 3. The predicted octanol–water partition coefficient (Wildman–Crippen LogP) is 2.03. The average molecular weight is 261 g/mol. The molecule has 6 nitrogen and oxygen atoms in total. The zero-order valence-electron chi connectivity index (χ0n) is 9.18. The summed E-state index contributed by atoms with van der Waals surface area (Å²) in [6.07, 6.45) is 0. The van der Waals surface area contributed by atoms with Crippen LogP contribution in [0.25, 0.3) is 0 Å². The monoisotopic (exact) mass is 260 g/mol. The van der Waals surface area contributed by atoms with E-state index in [0.717, 1.165) is 0 Å². The van der Waals surface area contributed by atoms with Crippen molar-refractivity contribution < 1.29 is 0 Å². The Bertz CT molecular complexity index is 607. The smallest absolute Gasteiger partial charge is 0.240 e. The third-order valence-corrected chi connectivity index (χ3v) is 2.44. The maximum atomic E-state index is 8.84. The Balaban J connectivity index is 2.35. The van der Waals surface area contributed by atoms with Crippen molar-refractivity contribution in [3.05, 3.63) is 41.0 Å². The number of hydrazine groups is 1. The van der Waals surface area contributed by atoms with Crippen LogP contribution in [-0.4, -0.2) is 9.97 Å².